The highest BCUT2D eigenvalue weighted by Gasteiger charge is 2.54. The molecule has 7 rings (SSSR count). The van der Waals surface area contributed by atoms with Crippen molar-refractivity contribution in [3.8, 4) is 0 Å². The molecule has 0 N–H and O–H groups in total. The number of aromatic nitrogens is 6. The molecule has 1 unspecified atom stereocenters. The van der Waals surface area contributed by atoms with Crippen LogP contribution in [0.15, 0.2) is 40.2 Å². The molecule has 9 nitrogen and oxygen atoms in total. The van der Waals surface area contributed by atoms with Gasteiger partial charge in [0, 0.05) is 36.3 Å². The first-order valence-corrected chi connectivity index (χ1v) is 10.3. The third-order valence-electron chi connectivity index (χ3n) is 6.27. The fourth-order valence-electron chi connectivity index (χ4n) is 4.80. The second-order valence-corrected chi connectivity index (χ2v) is 8.56. The maximum absolute atomic E-state index is 13.8. The number of imidazole rings is 1. The van der Waals surface area contributed by atoms with Crippen LogP contribution in [0.2, 0.25) is 5.02 Å². The smallest absolute Gasteiger partial charge is 0.280 e. The van der Waals surface area contributed by atoms with Gasteiger partial charge in [0.25, 0.3) is 5.56 Å². The summed E-state index contributed by atoms with van der Waals surface area (Å²) in [5.41, 5.74) is 1.37. The Morgan fingerprint density at radius 3 is 2.94 bits per heavy atom. The molecule has 4 aromatic rings. The topological polar surface area (TPSA) is 94.9 Å². The van der Waals surface area contributed by atoms with Crippen LogP contribution >= 0.6 is 11.6 Å². The van der Waals surface area contributed by atoms with Gasteiger partial charge in [-0.1, -0.05) is 16.8 Å². The van der Waals surface area contributed by atoms with Crippen LogP contribution < -0.4 is 10.5 Å². The maximum Gasteiger partial charge on any atom is 0.280 e. The van der Waals surface area contributed by atoms with Crippen LogP contribution in [0.1, 0.15) is 24.1 Å². The van der Waals surface area contributed by atoms with Crippen molar-refractivity contribution >= 4 is 28.5 Å². The first-order valence-electron chi connectivity index (χ1n) is 9.89. The van der Waals surface area contributed by atoms with E-state index < -0.39 is 0 Å². The minimum atomic E-state index is -0.352. The van der Waals surface area contributed by atoms with Crippen LogP contribution in [0.4, 0.5) is 10.1 Å². The predicted molar refractivity (Wildman–Crippen MR) is 110 cm³/mol. The predicted octanol–water partition coefficient (Wildman–Crippen LogP) is 2.35. The summed E-state index contributed by atoms with van der Waals surface area (Å²) in [5.74, 6) is 1.08. The molecule has 0 radical (unpaired) electrons. The Morgan fingerprint density at radius 1 is 1.26 bits per heavy atom. The molecule has 2 aliphatic heterocycles. The van der Waals surface area contributed by atoms with Crippen molar-refractivity contribution in [3.63, 3.8) is 0 Å². The van der Waals surface area contributed by atoms with E-state index in [0.29, 0.717) is 33.8 Å². The highest BCUT2D eigenvalue weighted by Crippen LogP contribution is 2.53. The minimum absolute atomic E-state index is 0.106. The van der Waals surface area contributed by atoms with E-state index in [-0.39, 0.29) is 29.9 Å². The molecule has 5 heterocycles. The molecule has 11 heteroatoms. The first kappa shape index (κ1) is 18.5. The number of fused-ring (bicyclic) bond motifs is 2. The lowest BCUT2D eigenvalue weighted by Gasteiger charge is -2.34. The van der Waals surface area contributed by atoms with Gasteiger partial charge in [0.2, 0.25) is 5.89 Å². The van der Waals surface area contributed by atoms with Gasteiger partial charge in [-0.05, 0) is 30.5 Å². The zero-order valence-electron chi connectivity index (χ0n) is 16.4. The second-order valence-electron chi connectivity index (χ2n) is 8.12. The molecule has 0 amide bonds. The summed E-state index contributed by atoms with van der Waals surface area (Å²) in [6.07, 6.45) is 3.98. The SMILES string of the molecule is Cn1cnc2ncn(Cc3nc([C@@H]4C5C[C@H]4CN5c4cc(F)cc(Cl)c4)no3)c(=O)c21. The Hall–Kier alpha value is -3.27. The van der Waals surface area contributed by atoms with Crippen molar-refractivity contribution in [3.05, 3.63) is 63.8 Å². The number of hydrogen-bond donors (Lipinski definition) is 0. The Bertz CT molecular complexity index is 1360. The summed E-state index contributed by atoms with van der Waals surface area (Å²) < 4.78 is 22.3. The first-order chi connectivity index (χ1) is 15.0. The molecule has 1 saturated carbocycles. The monoisotopic (exact) mass is 441 g/mol. The summed E-state index contributed by atoms with van der Waals surface area (Å²) >= 11 is 6.03. The second kappa shape index (κ2) is 6.61. The average molecular weight is 442 g/mol. The molecule has 31 heavy (non-hydrogen) atoms. The van der Waals surface area contributed by atoms with Crippen molar-refractivity contribution in [1.82, 2.24) is 29.2 Å². The lowest BCUT2D eigenvalue weighted by molar-refractivity contribution is 0.284. The zero-order valence-corrected chi connectivity index (χ0v) is 17.2. The number of nitrogens with zero attached hydrogens (tertiary/aromatic N) is 7. The summed E-state index contributed by atoms with van der Waals surface area (Å²) in [7, 11) is 1.75. The third-order valence-corrected chi connectivity index (χ3v) is 6.48. The molecular weight excluding hydrogens is 425 g/mol. The molecule has 158 valence electrons. The Kier molecular flexibility index (Phi) is 3.95. The van der Waals surface area contributed by atoms with E-state index in [0.717, 1.165) is 18.7 Å². The van der Waals surface area contributed by atoms with E-state index >= 15 is 0 Å². The number of halogens is 2. The Labute approximate surface area is 180 Å². The fourth-order valence-corrected chi connectivity index (χ4v) is 5.02. The maximum atomic E-state index is 13.8. The summed E-state index contributed by atoms with van der Waals surface area (Å²) in [6, 6.07) is 4.74. The van der Waals surface area contributed by atoms with E-state index in [1.807, 2.05) is 0 Å². The van der Waals surface area contributed by atoms with Gasteiger partial charge in [0.1, 0.15) is 18.7 Å². The average Bonchev–Trinajstić information content (AvgIpc) is 3.47. The molecule has 3 aromatic heterocycles. The number of hydrogen-bond acceptors (Lipinski definition) is 7. The van der Waals surface area contributed by atoms with Gasteiger partial charge < -0.3 is 14.0 Å². The number of anilines is 1. The summed E-state index contributed by atoms with van der Waals surface area (Å²) in [5, 5.41) is 4.55. The quantitative estimate of drug-likeness (QED) is 0.479. The van der Waals surface area contributed by atoms with E-state index in [1.54, 1.807) is 24.0 Å². The summed E-state index contributed by atoms with van der Waals surface area (Å²) in [6.45, 7) is 0.921. The number of benzene rings is 1. The molecule has 3 aliphatic rings. The molecule has 0 spiro atoms. The minimum Gasteiger partial charge on any atom is -0.367 e. The number of rotatable bonds is 4. The van der Waals surface area contributed by atoms with E-state index in [4.69, 9.17) is 16.1 Å². The molecule has 3 fully saturated rings. The lowest BCUT2D eigenvalue weighted by Crippen LogP contribution is -2.37. The third kappa shape index (κ3) is 2.85. The van der Waals surface area contributed by atoms with Crippen molar-refractivity contribution in [2.45, 2.75) is 24.9 Å². The van der Waals surface area contributed by atoms with Crippen molar-refractivity contribution < 1.29 is 8.91 Å². The van der Waals surface area contributed by atoms with Crippen LogP contribution in [0, 0.1) is 11.7 Å². The van der Waals surface area contributed by atoms with E-state index in [2.05, 4.69) is 25.0 Å². The van der Waals surface area contributed by atoms with Gasteiger partial charge in [-0.2, -0.15) is 4.98 Å². The molecule has 3 atom stereocenters. The van der Waals surface area contributed by atoms with E-state index in [1.165, 1.54) is 23.0 Å². The van der Waals surface area contributed by atoms with Crippen LogP contribution in [-0.4, -0.2) is 41.8 Å². The van der Waals surface area contributed by atoms with Gasteiger partial charge >= 0.3 is 0 Å². The van der Waals surface area contributed by atoms with Crippen LogP contribution in [-0.2, 0) is 13.6 Å². The Morgan fingerprint density at radius 2 is 2.10 bits per heavy atom. The fraction of sp³-hybridized carbons (Fsp3) is 0.350. The van der Waals surface area contributed by atoms with Crippen LogP contribution in [0.5, 0.6) is 0 Å². The van der Waals surface area contributed by atoms with Crippen LogP contribution in [0.25, 0.3) is 11.2 Å². The summed E-state index contributed by atoms with van der Waals surface area (Å²) in [4.78, 5) is 27.7. The highest BCUT2D eigenvalue weighted by molar-refractivity contribution is 6.30. The molecule has 1 aromatic carbocycles. The zero-order chi connectivity index (χ0) is 21.3. The molecular formula is C20H17ClFN7O2. The van der Waals surface area contributed by atoms with Gasteiger partial charge in [-0.15, -0.1) is 0 Å². The molecule has 2 saturated heterocycles. The number of aryl methyl sites for hydroxylation is 1. The van der Waals surface area contributed by atoms with Crippen molar-refractivity contribution in [2.24, 2.45) is 13.0 Å². The van der Waals surface area contributed by atoms with Crippen molar-refractivity contribution in [2.75, 3.05) is 11.4 Å². The van der Waals surface area contributed by atoms with Crippen molar-refractivity contribution in [1.29, 1.82) is 0 Å². The van der Waals surface area contributed by atoms with Crippen LogP contribution in [0.3, 0.4) is 0 Å². The largest absolute Gasteiger partial charge is 0.367 e. The molecule has 1 aliphatic carbocycles. The van der Waals surface area contributed by atoms with Gasteiger partial charge in [-0.25, -0.2) is 14.4 Å². The molecule has 2 bridgehead atoms. The normalized spacial score (nSPS) is 22.3. The van der Waals surface area contributed by atoms with Gasteiger partial charge in [-0.3, -0.25) is 9.36 Å². The van der Waals surface area contributed by atoms with Gasteiger partial charge in [0.15, 0.2) is 17.0 Å². The van der Waals surface area contributed by atoms with E-state index in [9.17, 15) is 9.18 Å². The standard InChI is InChI=1S/C20H17ClFN7O2/c1-27-8-23-19-17(27)20(30)28(9-24-19)7-15-25-18(26-31-15)16-10-2-14(16)29(6-10)13-4-11(21)3-12(22)5-13/h3-5,8-10,14,16H,2,6-7H2,1H3/t10-,14?,16-/m0/s1. The van der Waals surface area contributed by atoms with Gasteiger partial charge in [0.05, 0.1) is 6.33 Å². The lowest BCUT2D eigenvalue weighted by atomic mass is 9.73. The Balaban J connectivity index is 1.24. The highest BCUT2D eigenvalue weighted by atomic mass is 35.5.